The molecule has 0 radical (unpaired) electrons. The highest BCUT2D eigenvalue weighted by molar-refractivity contribution is 6.09. The van der Waals surface area contributed by atoms with Crippen LogP contribution in [0, 0.1) is 11.8 Å². The highest BCUT2D eigenvalue weighted by atomic mass is 16.5. The van der Waals surface area contributed by atoms with Crippen molar-refractivity contribution < 1.29 is 19.4 Å². The van der Waals surface area contributed by atoms with E-state index in [2.05, 4.69) is 11.8 Å². The molecule has 0 fully saturated rings. The van der Waals surface area contributed by atoms with E-state index in [0.717, 1.165) is 0 Å². The molecule has 0 unspecified atom stereocenters. The van der Waals surface area contributed by atoms with E-state index in [9.17, 15) is 9.90 Å². The molecular formula is C17H14O4. The molecule has 0 saturated carbocycles. The number of hydrogen-bond donors (Lipinski definition) is 1. The van der Waals surface area contributed by atoms with Crippen LogP contribution in [0.4, 0.5) is 0 Å². The molecule has 0 aromatic heterocycles. The van der Waals surface area contributed by atoms with Crippen molar-refractivity contribution in [3.8, 4) is 29.1 Å². The first-order valence-corrected chi connectivity index (χ1v) is 6.21. The predicted octanol–water partition coefficient (Wildman–Crippen LogP) is 2.64. The zero-order valence-corrected chi connectivity index (χ0v) is 11.7. The number of ether oxygens (including phenoxy) is 2. The van der Waals surface area contributed by atoms with Gasteiger partial charge in [-0.15, -0.1) is 0 Å². The Morgan fingerprint density at radius 1 is 1.05 bits per heavy atom. The van der Waals surface area contributed by atoms with Gasteiger partial charge < -0.3 is 14.6 Å². The molecule has 0 aliphatic rings. The van der Waals surface area contributed by atoms with Crippen LogP contribution >= 0.6 is 0 Å². The van der Waals surface area contributed by atoms with Gasteiger partial charge in [0.25, 0.3) is 0 Å². The van der Waals surface area contributed by atoms with Crippen molar-refractivity contribution >= 4 is 5.78 Å². The number of carbonyl (C=O) groups excluding carboxylic acids is 1. The Morgan fingerprint density at radius 2 is 1.76 bits per heavy atom. The minimum atomic E-state index is -0.287. The summed E-state index contributed by atoms with van der Waals surface area (Å²) in [5.41, 5.74) is 1.08. The molecule has 106 valence electrons. The summed E-state index contributed by atoms with van der Waals surface area (Å²) in [5.74, 6) is 6.05. The molecule has 0 amide bonds. The minimum Gasteiger partial charge on any atom is -0.504 e. The van der Waals surface area contributed by atoms with E-state index in [1.54, 1.807) is 43.5 Å². The lowest BCUT2D eigenvalue weighted by atomic mass is 10.1. The second-order valence-electron chi connectivity index (χ2n) is 4.19. The molecule has 0 heterocycles. The summed E-state index contributed by atoms with van der Waals surface area (Å²) in [6.45, 7) is 0. The van der Waals surface area contributed by atoms with Gasteiger partial charge in [-0.3, -0.25) is 4.79 Å². The lowest BCUT2D eigenvalue weighted by molar-refractivity contribution is 0.105. The first-order chi connectivity index (χ1) is 10.1. The number of ketones is 1. The van der Waals surface area contributed by atoms with Crippen LogP contribution < -0.4 is 9.47 Å². The van der Waals surface area contributed by atoms with Crippen LogP contribution in [0.25, 0.3) is 0 Å². The van der Waals surface area contributed by atoms with Crippen molar-refractivity contribution in [1.82, 2.24) is 0 Å². The Bertz CT molecular complexity index is 706. The maximum absolute atomic E-state index is 11.9. The quantitative estimate of drug-likeness (QED) is 0.694. The number of carbonyl (C=O) groups is 1. The molecule has 1 N–H and O–H groups in total. The van der Waals surface area contributed by atoms with Gasteiger partial charge in [0.1, 0.15) is 5.75 Å². The van der Waals surface area contributed by atoms with Gasteiger partial charge >= 0.3 is 0 Å². The van der Waals surface area contributed by atoms with E-state index < -0.39 is 0 Å². The van der Waals surface area contributed by atoms with Gasteiger partial charge in [-0.1, -0.05) is 5.92 Å². The SMILES string of the molecule is COc1ccc(C(=O)C#Cc2ccc(O)c(OC)c2)cc1. The van der Waals surface area contributed by atoms with E-state index in [1.165, 1.54) is 13.2 Å². The molecule has 2 aromatic carbocycles. The van der Waals surface area contributed by atoms with Crippen molar-refractivity contribution in [3.05, 3.63) is 53.6 Å². The smallest absolute Gasteiger partial charge is 0.236 e. The summed E-state index contributed by atoms with van der Waals surface area (Å²) < 4.78 is 10.0. The molecule has 0 bridgehead atoms. The van der Waals surface area contributed by atoms with Crippen LogP contribution in [-0.2, 0) is 0 Å². The summed E-state index contributed by atoms with van der Waals surface area (Å²) in [5, 5.41) is 9.49. The summed E-state index contributed by atoms with van der Waals surface area (Å²) in [6.07, 6.45) is 0. The predicted molar refractivity (Wildman–Crippen MR) is 78.9 cm³/mol. The van der Waals surface area contributed by atoms with Gasteiger partial charge in [0.05, 0.1) is 14.2 Å². The maximum Gasteiger partial charge on any atom is 0.236 e. The minimum absolute atomic E-state index is 0.0320. The zero-order chi connectivity index (χ0) is 15.2. The second kappa shape index (κ2) is 6.49. The van der Waals surface area contributed by atoms with Gasteiger partial charge in [0, 0.05) is 11.1 Å². The fraction of sp³-hybridized carbons (Fsp3) is 0.118. The average molecular weight is 282 g/mol. The normalized spacial score (nSPS) is 9.43. The molecular weight excluding hydrogens is 268 g/mol. The second-order valence-corrected chi connectivity index (χ2v) is 4.19. The van der Waals surface area contributed by atoms with Gasteiger partial charge in [-0.2, -0.15) is 0 Å². The van der Waals surface area contributed by atoms with Crippen LogP contribution in [0.3, 0.4) is 0 Å². The molecule has 0 saturated heterocycles. The highest BCUT2D eigenvalue weighted by Crippen LogP contribution is 2.25. The Hall–Kier alpha value is -2.93. The molecule has 2 rings (SSSR count). The molecule has 2 aromatic rings. The summed E-state index contributed by atoms with van der Waals surface area (Å²) >= 11 is 0. The number of rotatable bonds is 3. The summed E-state index contributed by atoms with van der Waals surface area (Å²) in [7, 11) is 3.02. The molecule has 0 atom stereocenters. The first kappa shape index (κ1) is 14.5. The third-order valence-corrected chi connectivity index (χ3v) is 2.85. The molecule has 4 nitrogen and oxygen atoms in total. The van der Waals surface area contributed by atoms with Gasteiger partial charge in [0.15, 0.2) is 11.5 Å². The van der Waals surface area contributed by atoms with E-state index >= 15 is 0 Å². The third-order valence-electron chi connectivity index (χ3n) is 2.85. The molecule has 0 spiro atoms. The Kier molecular flexibility index (Phi) is 4.47. The molecule has 21 heavy (non-hydrogen) atoms. The fourth-order valence-electron chi connectivity index (χ4n) is 1.70. The first-order valence-electron chi connectivity index (χ1n) is 6.21. The highest BCUT2D eigenvalue weighted by Gasteiger charge is 2.03. The standard InChI is InChI=1S/C17H14O4/c1-20-14-7-5-13(6-8-14)15(18)9-3-12-4-10-16(19)17(11-12)21-2/h4-8,10-11,19H,1-2H3. The van der Waals surface area contributed by atoms with Crippen molar-refractivity contribution in [2.24, 2.45) is 0 Å². The lowest BCUT2D eigenvalue weighted by Crippen LogP contribution is -1.95. The zero-order valence-electron chi connectivity index (χ0n) is 11.7. The maximum atomic E-state index is 11.9. The van der Waals surface area contributed by atoms with Crippen LogP contribution in [0.1, 0.15) is 15.9 Å². The largest absolute Gasteiger partial charge is 0.504 e. The van der Waals surface area contributed by atoms with E-state index in [4.69, 9.17) is 9.47 Å². The number of methoxy groups -OCH3 is 2. The number of benzene rings is 2. The Morgan fingerprint density at radius 3 is 2.38 bits per heavy atom. The van der Waals surface area contributed by atoms with Crippen LogP contribution in [-0.4, -0.2) is 25.1 Å². The van der Waals surface area contributed by atoms with Crippen molar-refractivity contribution in [3.63, 3.8) is 0 Å². The summed E-state index contributed by atoms with van der Waals surface area (Å²) in [4.78, 5) is 11.9. The van der Waals surface area contributed by atoms with Gasteiger partial charge in [-0.25, -0.2) is 0 Å². The van der Waals surface area contributed by atoms with Gasteiger partial charge in [0.2, 0.25) is 5.78 Å². The van der Waals surface area contributed by atoms with Crippen LogP contribution in [0.2, 0.25) is 0 Å². The average Bonchev–Trinajstić information content (AvgIpc) is 2.53. The number of phenolic OH excluding ortho intramolecular Hbond substituents is 1. The van der Waals surface area contributed by atoms with Crippen molar-refractivity contribution in [1.29, 1.82) is 0 Å². The van der Waals surface area contributed by atoms with Crippen LogP contribution in [0.5, 0.6) is 17.2 Å². The number of phenols is 1. The fourth-order valence-corrected chi connectivity index (χ4v) is 1.70. The van der Waals surface area contributed by atoms with Crippen LogP contribution in [0.15, 0.2) is 42.5 Å². The molecule has 4 heteroatoms. The Balaban J connectivity index is 2.19. The summed E-state index contributed by atoms with van der Waals surface area (Å²) in [6, 6.07) is 11.4. The number of hydrogen-bond acceptors (Lipinski definition) is 4. The third kappa shape index (κ3) is 3.54. The number of aromatic hydroxyl groups is 1. The lowest BCUT2D eigenvalue weighted by Gasteiger charge is -2.02. The topological polar surface area (TPSA) is 55.8 Å². The van der Waals surface area contributed by atoms with E-state index in [0.29, 0.717) is 22.6 Å². The molecule has 0 aliphatic heterocycles. The number of Topliss-reactive ketones (excluding diaryl/α,β-unsaturated/α-hetero) is 1. The van der Waals surface area contributed by atoms with Crippen molar-refractivity contribution in [2.45, 2.75) is 0 Å². The van der Waals surface area contributed by atoms with Crippen molar-refractivity contribution in [2.75, 3.05) is 14.2 Å². The Labute approximate surface area is 122 Å². The molecule has 0 aliphatic carbocycles. The monoisotopic (exact) mass is 282 g/mol. The van der Waals surface area contributed by atoms with E-state index in [1.807, 2.05) is 0 Å². The van der Waals surface area contributed by atoms with Gasteiger partial charge in [-0.05, 0) is 48.4 Å². The van der Waals surface area contributed by atoms with E-state index in [-0.39, 0.29) is 11.5 Å².